The van der Waals surface area contributed by atoms with Crippen LogP contribution >= 0.6 is 0 Å². The average molecular weight is 617 g/mol. The van der Waals surface area contributed by atoms with Crippen LogP contribution < -0.4 is 4.90 Å². The van der Waals surface area contributed by atoms with Crippen LogP contribution in [0.1, 0.15) is 59.8 Å². The minimum Gasteiger partial charge on any atom is -0.481 e. The Morgan fingerprint density at radius 1 is 1.16 bits per heavy atom. The average Bonchev–Trinajstić information content (AvgIpc) is 3.34. The van der Waals surface area contributed by atoms with E-state index < -0.39 is 33.9 Å². The fourth-order valence-electron chi connectivity index (χ4n) is 5.85. The van der Waals surface area contributed by atoms with Gasteiger partial charge in [-0.05, 0) is 66.3 Å². The lowest BCUT2D eigenvalue weighted by molar-refractivity contribution is -0.145. The lowest BCUT2D eigenvalue weighted by Gasteiger charge is -2.41. The number of fused-ring (bicyclic) bond motifs is 4. The molecular formula is C29H31F3N6O4S. The first-order chi connectivity index (χ1) is 19.9. The number of rotatable bonds is 6. The Bertz CT molecular complexity index is 1820. The molecule has 0 bridgehead atoms. The largest absolute Gasteiger partial charge is 0.481 e. The highest BCUT2D eigenvalue weighted by molar-refractivity contribution is 7.89. The van der Waals surface area contributed by atoms with E-state index in [4.69, 9.17) is 0 Å². The molecule has 5 heterocycles. The van der Waals surface area contributed by atoms with Crippen LogP contribution in [-0.4, -0.2) is 62.5 Å². The normalized spacial score (nSPS) is 18.6. The van der Waals surface area contributed by atoms with Crippen LogP contribution in [0, 0.1) is 13.8 Å². The molecule has 0 aliphatic carbocycles. The van der Waals surface area contributed by atoms with Gasteiger partial charge in [-0.1, -0.05) is 25.6 Å². The number of aliphatic carboxylic acids is 1. The molecule has 43 heavy (non-hydrogen) atoms. The minimum absolute atomic E-state index is 0. The van der Waals surface area contributed by atoms with Crippen molar-refractivity contribution < 1.29 is 31.5 Å². The Labute approximate surface area is 246 Å². The van der Waals surface area contributed by atoms with Crippen LogP contribution in [0.5, 0.6) is 0 Å². The Hall–Kier alpha value is -4.04. The number of hydrogen-bond acceptors (Lipinski definition) is 7. The van der Waals surface area contributed by atoms with E-state index in [1.54, 1.807) is 37.4 Å². The van der Waals surface area contributed by atoms with Gasteiger partial charge in [0.15, 0.2) is 5.65 Å². The van der Waals surface area contributed by atoms with Crippen molar-refractivity contribution in [1.29, 1.82) is 0 Å². The first kappa shape index (κ1) is 30.4. The number of carbonyl (C=O) groups is 1. The van der Waals surface area contributed by atoms with Crippen LogP contribution in [0.3, 0.4) is 0 Å². The van der Waals surface area contributed by atoms with E-state index in [1.807, 2.05) is 17.9 Å². The van der Waals surface area contributed by atoms with Gasteiger partial charge >= 0.3 is 12.1 Å². The van der Waals surface area contributed by atoms with Gasteiger partial charge in [-0.2, -0.15) is 17.5 Å². The predicted octanol–water partition coefficient (Wildman–Crippen LogP) is 4.79. The zero-order chi connectivity index (χ0) is 30.0. The van der Waals surface area contributed by atoms with Crippen LogP contribution in [0.4, 0.5) is 19.0 Å². The third-order valence-corrected chi connectivity index (χ3v) is 10.0. The van der Waals surface area contributed by atoms with Gasteiger partial charge < -0.3 is 10.0 Å². The zero-order valence-corrected chi connectivity index (χ0v) is 23.5. The maximum absolute atomic E-state index is 13.8. The monoisotopic (exact) mass is 616 g/mol. The topological polar surface area (TPSA) is 121 Å². The van der Waals surface area contributed by atoms with E-state index in [9.17, 15) is 31.5 Å². The molecule has 14 heteroatoms. The molecule has 0 unspecified atom stereocenters. The molecule has 2 aliphatic rings. The Balaban J connectivity index is 0.00000368. The van der Waals surface area contributed by atoms with Crippen molar-refractivity contribution in [2.45, 2.75) is 63.7 Å². The lowest BCUT2D eigenvalue weighted by atomic mass is 9.85. The molecule has 228 valence electrons. The zero-order valence-electron chi connectivity index (χ0n) is 22.7. The maximum Gasteiger partial charge on any atom is 0.452 e. The van der Waals surface area contributed by atoms with Gasteiger partial charge in [-0.15, -0.1) is 10.2 Å². The molecule has 0 saturated carbocycles. The highest BCUT2D eigenvalue weighted by Crippen LogP contribution is 2.38. The standard InChI is InChI=1S/C28H27F3N6O4S.CH4/c1-16-5-6-18(22(13-24(38)39)21-8-11-37-25(17(21)2)33-34-27(37)28(29,30)31)12-19(16)14-35-15-20-7-10-36(20)26-23(42(35,40)41)4-3-9-32-26;/h3-6,8-9,11-12,20,22H,7,10,13-15H2,1-2H3,(H,38,39);1H4/t20-,22+;/m0./s1. The summed E-state index contributed by atoms with van der Waals surface area (Å²) in [5, 5.41) is 16.8. The number of aromatic nitrogens is 4. The van der Waals surface area contributed by atoms with E-state index in [2.05, 4.69) is 15.2 Å². The fraction of sp³-hybridized carbons (Fsp3) is 0.379. The number of benzene rings is 1. The molecule has 1 fully saturated rings. The van der Waals surface area contributed by atoms with Crippen molar-refractivity contribution in [1.82, 2.24) is 23.9 Å². The van der Waals surface area contributed by atoms with Gasteiger partial charge in [0, 0.05) is 44.0 Å². The SMILES string of the molecule is C.Cc1ccc([C@@H](CC(=O)O)c2ccn3c(C(F)(F)F)nnc3c2C)cc1CN1C[C@@H]2CCN2c2ncccc2S1(=O)=O. The summed E-state index contributed by atoms with van der Waals surface area (Å²) < 4.78 is 70.1. The number of nitrogens with zero attached hydrogens (tertiary/aromatic N) is 6. The van der Waals surface area contributed by atoms with Crippen LogP contribution in [-0.2, 0) is 27.5 Å². The molecule has 6 rings (SSSR count). The molecule has 10 nitrogen and oxygen atoms in total. The third-order valence-electron chi connectivity index (χ3n) is 8.20. The van der Waals surface area contributed by atoms with Gasteiger partial charge in [0.2, 0.25) is 15.8 Å². The Morgan fingerprint density at radius 3 is 2.60 bits per heavy atom. The van der Waals surface area contributed by atoms with Crippen LogP contribution in [0.15, 0.2) is 53.7 Å². The molecule has 2 aliphatic heterocycles. The van der Waals surface area contributed by atoms with Crippen LogP contribution in [0.2, 0.25) is 0 Å². The number of sulfonamides is 1. The molecule has 3 aromatic heterocycles. The number of alkyl halides is 3. The second-order valence-corrected chi connectivity index (χ2v) is 12.6. The fourth-order valence-corrected chi connectivity index (χ4v) is 7.46. The number of anilines is 1. The van der Waals surface area contributed by atoms with E-state index in [1.165, 1.54) is 16.6 Å². The van der Waals surface area contributed by atoms with E-state index in [0.717, 1.165) is 22.9 Å². The van der Waals surface area contributed by atoms with Crippen molar-refractivity contribution in [3.8, 4) is 0 Å². The van der Waals surface area contributed by atoms with Gasteiger partial charge in [-0.3, -0.25) is 9.20 Å². The summed E-state index contributed by atoms with van der Waals surface area (Å²) in [5.74, 6) is -2.54. The first-order valence-electron chi connectivity index (χ1n) is 13.3. The number of hydrogen-bond donors (Lipinski definition) is 1. The molecule has 1 saturated heterocycles. The van der Waals surface area contributed by atoms with Gasteiger partial charge in [0.05, 0.1) is 6.42 Å². The molecule has 0 amide bonds. The summed E-state index contributed by atoms with van der Waals surface area (Å²) in [4.78, 5) is 18.5. The summed E-state index contributed by atoms with van der Waals surface area (Å²) in [6.07, 6.45) is -1.43. The maximum atomic E-state index is 13.8. The highest BCUT2D eigenvalue weighted by Gasteiger charge is 2.42. The van der Waals surface area contributed by atoms with E-state index in [-0.39, 0.29) is 43.5 Å². The Morgan fingerprint density at radius 2 is 1.93 bits per heavy atom. The van der Waals surface area contributed by atoms with Crippen molar-refractivity contribution >= 4 is 27.5 Å². The summed E-state index contributed by atoms with van der Waals surface area (Å²) in [7, 11) is -3.88. The first-order valence-corrected chi connectivity index (χ1v) is 14.7. The number of aryl methyl sites for hydroxylation is 2. The number of pyridine rings is 2. The summed E-state index contributed by atoms with van der Waals surface area (Å²) in [6.45, 7) is 4.52. The van der Waals surface area contributed by atoms with Crippen molar-refractivity contribution in [2.75, 3.05) is 18.0 Å². The lowest BCUT2D eigenvalue weighted by Crippen LogP contribution is -2.52. The molecular weight excluding hydrogens is 585 g/mol. The smallest absolute Gasteiger partial charge is 0.452 e. The highest BCUT2D eigenvalue weighted by atomic mass is 32.2. The van der Waals surface area contributed by atoms with Crippen molar-refractivity contribution in [3.63, 3.8) is 0 Å². The molecule has 0 radical (unpaired) electrons. The summed E-state index contributed by atoms with van der Waals surface area (Å²) >= 11 is 0. The minimum atomic E-state index is -4.71. The summed E-state index contributed by atoms with van der Waals surface area (Å²) in [5.41, 5.74) is 2.97. The number of halogens is 3. The summed E-state index contributed by atoms with van der Waals surface area (Å²) in [6, 6.07) is 9.99. The molecule has 4 aromatic rings. The second-order valence-electron chi connectivity index (χ2n) is 10.7. The molecule has 2 atom stereocenters. The number of carboxylic acid groups (broad SMARTS) is 1. The second kappa shape index (κ2) is 10.9. The van der Waals surface area contributed by atoms with Crippen LogP contribution in [0.25, 0.3) is 5.65 Å². The van der Waals surface area contributed by atoms with Gasteiger partial charge in [0.25, 0.3) is 0 Å². The molecule has 1 aromatic carbocycles. The van der Waals surface area contributed by atoms with E-state index in [0.29, 0.717) is 28.1 Å². The van der Waals surface area contributed by atoms with E-state index >= 15 is 0 Å². The van der Waals surface area contributed by atoms with Gasteiger partial charge in [-0.25, -0.2) is 13.4 Å². The quantitative estimate of drug-likeness (QED) is 0.329. The molecule has 0 spiro atoms. The van der Waals surface area contributed by atoms with Crippen molar-refractivity contribution in [2.24, 2.45) is 0 Å². The third kappa shape index (κ3) is 5.22. The molecule has 1 N–H and O–H groups in total. The number of carboxylic acids is 1. The predicted molar refractivity (Wildman–Crippen MR) is 152 cm³/mol. The Kier molecular flexibility index (Phi) is 7.71. The van der Waals surface area contributed by atoms with Crippen molar-refractivity contribution in [3.05, 3.63) is 82.4 Å². The van der Waals surface area contributed by atoms with Gasteiger partial charge in [0.1, 0.15) is 10.7 Å².